The van der Waals surface area contributed by atoms with Gasteiger partial charge < -0.3 is 15.2 Å². The van der Waals surface area contributed by atoms with Crippen molar-refractivity contribution in [3.8, 4) is 39.6 Å². The van der Waals surface area contributed by atoms with Crippen LogP contribution in [0.5, 0.6) is 11.5 Å². The summed E-state index contributed by atoms with van der Waals surface area (Å²) in [5, 5.41) is 7.37. The molecule has 172 valence electrons. The first-order valence-corrected chi connectivity index (χ1v) is 10.8. The number of aromatic nitrogens is 4. The van der Waals surface area contributed by atoms with Gasteiger partial charge in [0.2, 0.25) is 0 Å². The molecule has 5 aromatic rings. The molecule has 0 aliphatic heterocycles. The molecule has 0 bridgehead atoms. The van der Waals surface area contributed by atoms with E-state index < -0.39 is 0 Å². The van der Waals surface area contributed by atoms with Crippen LogP contribution in [-0.2, 0) is 7.05 Å². The SMILES string of the molecule is COc1ccc(-n2c(=O)n(C)c3cc(-c4c(-c5cccc(C)c5)n[nH]c4N)ccc32)cc1OC. The third-order valence-electron chi connectivity index (χ3n) is 6.06. The summed E-state index contributed by atoms with van der Waals surface area (Å²) in [6.45, 7) is 2.04. The first kappa shape index (κ1) is 21.4. The Kier molecular flexibility index (Phi) is 5.13. The molecule has 2 heterocycles. The number of hydrogen-bond donors (Lipinski definition) is 2. The Labute approximate surface area is 196 Å². The molecule has 8 heteroatoms. The van der Waals surface area contributed by atoms with Crippen LogP contribution in [0.4, 0.5) is 5.82 Å². The van der Waals surface area contributed by atoms with Gasteiger partial charge in [-0.2, -0.15) is 5.10 Å². The number of aromatic amines is 1. The van der Waals surface area contributed by atoms with Crippen molar-refractivity contribution in [2.24, 2.45) is 7.05 Å². The van der Waals surface area contributed by atoms with Gasteiger partial charge in [0.15, 0.2) is 11.5 Å². The summed E-state index contributed by atoms with van der Waals surface area (Å²) in [4.78, 5) is 13.2. The normalized spacial score (nSPS) is 11.2. The van der Waals surface area contributed by atoms with Crippen molar-refractivity contribution < 1.29 is 9.47 Å². The van der Waals surface area contributed by atoms with Crippen molar-refractivity contribution in [3.63, 3.8) is 0 Å². The summed E-state index contributed by atoms with van der Waals surface area (Å²) in [6, 6.07) is 19.4. The van der Waals surface area contributed by atoms with E-state index in [-0.39, 0.29) is 5.69 Å². The number of rotatable bonds is 5. The lowest BCUT2D eigenvalue weighted by molar-refractivity contribution is 0.355. The number of benzene rings is 3. The number of H-pyrrole nitrogens is 1. The van der Waals surface area contributed by atoms with E-state index in [1.54, 1.807) is 42.5 Å². The fourth-order valence-electron chi connectivity index (χ4n) is 4.36. The molecule has 34 heavy (non-hydrogen) atoms. The molecule has 0 spiro atoms. The molecule has 2 aromatic heterocycles. The zero-order chi connectivity index (χ0) is 24.0. The van der Waals surface area contributed by atoms with E-state index in [0.717, 1.165) is 39.0 Å². The van der Waals surface area contributed by atoms with Crippen LogP contribution in [0, 0.1) is 6.92 Å². The van der Waals surface area contributed by atoms with E-state index in [4.69, 9.17) is 15.2 Å². The Hall–Kier alpha value is -4.46. The quantitative estimate of drug-likeness (QED) is 0.412. The number of nitrogen functional groups attached to an aromatic ring is 1. The molecule has 5 rings (SSSR count). The molecular weight excluding hydrogens is 430 g/mol. The maximum atomic E-state index is 13.2. The fraction of sp³-hybridized carbons (Fsp3) is 0.154. The van der Waals surface area contributed by atoms with Gasteiger partial charge in [-0.1, -0.05) is 29.8 Å². The lowest BCUT2D eigenvalue weighted by Crippen LogP contribution is -2.20. The maximum absolute atomic E-state index is 13.2. The number of nitrogens with two attached hydrogens (primary N) is 1. The van der Waals surface area contributed by atoms with Crippen molar-refractivity contribution in [3.05, 3.63) is 76.7 Å². The Bertz CT molecular complexity index is 1590. The number of aryl methyl sites for hydroxylation is 2. The summed E-state index contributed by atoms with van der Waals surface area (Å²) >= 11 is 0. The average molecular weight is 456 g/mol. The summed E-state index contributed by atoms with van der Waals surface area (Å²) < 4.78 is 14.0. The van der Waals surface area contributed by atoms with Crippen LogP contribution in [0.1, 0.15) is 5.56 Å². The lowest BCUT2D eigenvalue weighted by Gasteiger charge is -2.10. The Morgan fingerprint density at radius 3 is 2.44 bits per heavy atom. The molecule has 3 aromatic carbocycles. The first-order chi connectivity index (χ1) is 16.4. The third kappa shape index (κ3) is 3.31. The van der Waals surface area contributed by atoms with Crippen LogP contribution in [0.2, 0.25) is 0 Å². The third-order valence-corrected chi connectivity index (χ3v) is 6.06. The lowest BCUT2D eigenvalue weighted by atomic mass is 9.99. The van der Waals surface area contributed by atoms with E-state index in [2.05, 4.69) is 16.3 Å². The van der Waals surface area contributed by atoms with Crippen molar-refractivity contribution in [1.29, 1.82) is 0 Å². The van der Waals surface area contributed by atoms with Gasteiger partial charge >= 0.3 is 5.69 Å². The average Bonchev–Trinajstić information content (AvgIpc) is 3.35. The maximum Gasteiger partial charge on any atom is 0.333 e. The topological polar surface area (TPSA) is 100 Å². The molecular formula is C26H25N5O3. The molecule has 0 amide bonds. The molecule has 0 aliphatic rings. The van der Waals surface area contributed by atoms with Gasteiger partial charge in [-0.05, 0) is 42.8 Å². The second kappa shape index (κ2) is 8.15. The highest BCUT2D eigenvalue weighted by molar-refractivity contribution is 5.92. The van der Waals surface area contributed by atoms with E-state index in [1.165, 1.54) is 0 Å². The summed E-state index contributed by atoms with van der Waals surface area (Å²) in [5.41, 5.74) is 12.9. The van der Waals surface area contributed by atoms with Gasteiger partial charge in [-0.15, -0.1) is 0 Å². The van der Waals surface area contributed by atoms with Crippen molar-refractivity contribution in [1.82, 2.24) is 19.3 Å². The first-order valence-electron chi connectivity index (χ1n) is 10.8. The van der Waals surface area contributed by atoms with Crippen LogP contribution < -0.4 is 20.9 Å². The zero-order valence-corrected chi connectivity index (χ0v) is 19.4. The molecule has 0 fully saturated rings. The van der Waals surface area contributed by atoms with E-state index in [1.807, 2.05) is 49.4 Å². The minimum atomic E-state index is -0.168. The molecule has 0 saturated carbocycles. The molecule has 0 unspecified atom stereocenters. The second-order valence-electron chi connectivity index (χ2n) is 8.15. The summed E-state index contributed by atoms with van der Waals surface area (Å²) in [6.07, 6.45) is 0. The number of nitrogens with zero attached hydrogens (tertiary/aromatic N) is 3. The second-order valence-corrected chi connectivity index (χ2v) is 8.15. The molecule has 0 atom stereocenters. The minimum absolute atomic E-state index is 0.168. The van der Waals surface area contributed by atoms with Crippen LogP contribution in [0.25, 0.3) is 39.1 Å². The van der Waals surface area contributed by atoms with Gasteiger partial charge in [0.1, 0.15) is 11.5 Å². The number of fused-ring (bicyclic) bond motifs is 1. The smallest absolute Gasteiger partial charge is 0.333 e. The van der Waals surface area contributed by atoms with Gasteiger partial charge in [0.25, 0.3) is 0 Å². The summed E-state index contributed by atoms with van der Waals surface area (Å²) in [5.74, 6) is 1.62. The standard InChI is InChI=1S/C26H25N5O3/c1-15-6-5-7-17(12-15)24-23(25(27)29-28-24)16-8-10-19-20(13-16)30(2)26(32)31(19)18-9-11-21(33-3)22(14-18)34-4/h5-14H,1-4H3,(H3,27,28,29). The van der Waals surface area contributed by atoms with Crippen LogP contribution in [0.15, 0.2) is 65.5 Å². The highest BCUT2D eigenvalue weighted by atomic mass is 16.5. The highest BCUT2D eigenvalue weighted by Gasteiger charge is 2.19. The minimum Gasteiger partial charge on any atom is -0.493 e. The Balaban J connectivity index is 1.69. The highest BCUT2D eigenvalue weighted by Crippen LogP contribution is 2.37. The molecule has 0 saturated heterocycles. The Morgan fingerprint density at radius 1 is 0.912 bits per heavy atom. The van der Waals surface area contributed by atoms with Crippen molar-refractivity contribution in [2.45, 2.75) is 6.92 Å². The van der Waals surface area contributed by atoms with E-state index in [9.17, 15) is 4.79 Å². The summed E-state index contributed by atoms with van der Waals surface area (Å²) in [7, 11) is 4.91. The van der Waals surface area contributed by atoms with Crippen molar-refractivity contribution >= 4 is 16.9 Å². The number of nitrogens with one attached hydrogen (secondary N) is 1. The molecule has 3 N–H and O–H groups in total. The Morgan fingerprint density at radius 2 is 1.71 bits per heavy atom. The van der Waals surface area contributed by atoms with Gasteiger partial charge in [-0.25, -0.2) is 4.79 Å². The molecule has 8 nitrogen and oxygen atoms in total. The van der Waals surface area contributed by atoms with Crippen LogP contribution in [-0.4, -0.2) is 33.6 Å². The number of imidazole rings is 1. The number of ether oxygens (including phenoxy) is 2. The van der Waals surface area contributed by atoms with Crippen LogP contribution in [0.3, 0.4) is 0 Å². The monoisotopic (exact) mass is 455 g/mol. The number of anilines is 1. The predicted molar refractivity (Wildman–Crippen MR) is 134 cm³/mol. The fourth-order valence-corrected chi connectivity index (χ4v) is 4.36. The van der Waals surface area contributed by atoms with Crippen molar-refractivity contribution in [2.75, 3.05) is 20.0 Å². The van der Waals surface area contributed by atoms with Gasteiger partial charge in [-0.3, -0.25) is 14.2 Å². The predicted octanol–water partition coefficient (Wildman–Crippen LogP) is 4.29. The van der Waals surface area contributed by atoms with Crippen LogP contribution >= 0.6 is 0 Å². The van der Waals surface area contributed by atoms with E-state index >= 15 is 0 Å². The van der Waals surface area contributed by atoms with Gasteiger partial charge in [0, 0.05) is 18.7 Å². The zero-order valence-electron chi connectivity index (χ0n) is 19.4. The number of methoxy groups -OCH3 is 2. The van der Waals surface area contributed by atoms with Gasteiger partial charge in [0.05, 0.1) is 36.5 Å². The molecule has 0 radical (unpaired) electrons. The largest absolute Gasteiger partial charge is 0.493 e. The van der Waals surface area contributed by atoms with E-state index in [0.29, 0.717) is 23.0 Å². The molecule has 0 aliphatic carbocycles. The number of hydrogen-bond acceptors (Lipinski definition) is 5.